The van der Waals surface area contributed by atoms with E-state index in [0.29, 0.717) is 17.7 Å². The highest BCUT2D eigenvalue weighted by Crippen LogP contribution is 2.53. The molecule has 0 fully saturated rings. The largest absolute Gasteiger partial charge is 0.459 e. The van der Waals surface area contributed by atoms with E-state index < -0.39 is 42.8 Å². The fourth-order valence-corrected chi connectivity index (χ4v) is 8.12. The van der Waals surface area contributed by atoms with E-state index in [1.165, 1.54) is 0 Å². The fourth-order valence-electron chi connectivity index (χ4n) is 5.70. The molecule has 1 aromatic heterocycles. The van der Waals surface area contributed by atoms with Crippen molar-refractivity contribution in [2.45, 2.75) is 64.1 Å². The number of hydrogen-bond donors (Lipinski definition) is 2. The number of ether oxygens (including phenoxy) is 2. The van der Waals surface area contributed by atoms with Gasteiger partial charge in [-0.25, -0.2) is 9.42 Å². The zero-order valence-electron chi connectivity index (χ0n) is 30.6. The van der Waals surface area contributed by atoms with E-state index in [-0.39, 0.29) is 32.0 Å². The van der Waals surface area contributed by atoms with Gasteiger partial charge < -0.3 is 24.1 Å². The first kappa shape index (κ1) is 39.8. The average molecular weight is 752 g/mol. The second-order valence-corrected chi connectivity index (χ2v) is 16.6. The van der Waals surface area contributed by atoms with Crippen molar-refractivity contribution in [2.24, 2.45) is 5.92 Å². The van der Waals surface area contributed by atoms with Crippen LogP contribution in [0.2, 0.25) is 0 Å². The number of aromatic nitrogens is 1. The highest BCUT2D eigenvalue weighted by molar-refractivity contribution is 7.59. The zero-order chi connectivity index (χ0) is 38.4. The normalized spacial score (nSPS) is 14.2. The van der Waals surface area contributed by atoms with Gasteiger partial charge in [0.1, 0.15) is 41.8 Å². The quantitative estimate of drug-likeness (QED) is 0.0392. The molecule has 1 amide bonds. The first-order valence-electron chi connectivity index (χ1n) is 17.8. The van der Waals surface area contributed by atoms with Gasteiger partial charge in [-0.2, -0.15) is 5.48 Å². The summed E-state index contributed by atoms with van der Waals surface area (Å²) in [4.78, 5) is 39.7. The Morgan fingerprint density at radius 3 is 1.93 bits per heavy atom. The van der Waals surface area contributed by atoms with E-state index in [2.05, 4.69) is 16.0 Å². The van der Waals surface area contributed by atoms with Crippen LogP contribution in [-0.4, -0.2) is 47.1 Å². The monoisotopic (exact) mass is 751 g/mol. The summed E-state index contributed by atoms with van der Waals surface area (Å²) < 4.78 is 38.5. The number of nitrogens with zero attached hydrogens (tertiary/aromatic N) is 1. The molecule has 0 saturated heterocycles. The molecule has 11 nitrogen and oxygen atoms in total. The number of amides is 1. The summed E-state index contributed by atoms with van der Waals surface area (Å²) in [5.41, 5.74) is 5.67. The van der Waals surface area contributed by atoms with Gasteiger partial charge in [0, 0.05) is 43.0 Å². The van der Waals surface area contributed by atoms with E-state index in [1.54, 1.807) is 26.8 Å². The van der Waals surface area contributed by atoms with Crippen molar-refractivity contribution in [3.8, 4) is 11.3 Å². The minimum atomic E-state index is -4.18. The van der Waals surface area contributed by atoms with Crippen LogP contribution in [0.3, 0.4) is 0 Å². The number of alkyl carbamates (subject to hydrolysis) is 1. The van der Waals surface area contributed by atoms with Crippen LogP contribution >= 0.6 is 7.37 Å². The molecule has 54 heavy (non-hydrogen) atoms. The SMILES string of the molecule is CC(C)(C)OC(=O)[C@H](Cc1ccccc1)NOP(=O)(CC(C=O)Cc1cc(-c2ccccc2)no1)[C@H](Cc1ccccc1)NC(=O)OCc1ccccc1. The average Bonchev–Trinajstić information content (AvgIpc) is 3.64. The zero-order valence-corrected chi connectivity index (χ0v) is 31.5. The van der Waals surface area contributed by atoms with Crippen molar-refractivity contribution in [2.75, 3.05) is 6.16 Å². The van der Waals surface area contributed by atoms with Crippen LogP contribution in [0.5, 0.6) is 0 Å². The molecule has 4 aromatic carbocycles. The summed E-state index contributed by atoms with van der Waals surface area (Å²) in [5.74, 6) is -2.32. The third kappa shape index (κ3) is 12.4. The maximum atomic E-state index is 15.5. The second-order valence-electron chi connectivity index (χ2n) is 13.9. The highest BCUT2D eigenvalue weighted by Gasteiger charge is 2.41. The predicted molar refractivity (Wildman–Crippen MR) is 205 cm³/mol. The lowest BCUT2D eigenvalue weighted by Crippen LogP contribution is -2.45. The van der Waals surface area contributed by atoms with Gasteiger partial charge >= 0.3 is 12.1 Å². The highest BCUT2D eigenvalue weighted by atomic mass is 31.2. The van der Waals surface area contributed by atoms with Crippen molar-refractivity contribution in [3.63, 3.8) is 0 Å². The number of nitrogens with one attached hydrogen (secondary N) is 2. The number of aldehydes is 1. The number of carbonyl (C=O) groups is 3. The Morgan fingerprint density at radius 2 is 1.35 bits per heavy atom. The van der Waals surface area contributed by atoms with Gasteiger partial charge in [-0.1, -0.05) is 126 Å². The molecule has 0 saturated carbocycles. The Labute approximate surface area is 315 Å². The summed E-state index contributed by atoms with van der Waals surface area (Å²) >= 11 is 0. The molecule has 2 unspecified atom stereocenters. The van der Waals surface area contributed by atoms with Crippen molar-refractivity contribution < 1.29 is 37.6 Å². The molecule has 0 spiro atoms. The molecular formula is C42H46N3O8P. The van der Waals surface area contributed by atoms with Gasteiger partial charge in [0.25, 0.3) is 0 Å². The van der Waals surface area contributed by atoms with E-state index in [1.807, 2.05) is 121 Å². The molecule has 0 radical (unpaired) electrons. The van der Waals surface area contributed by atoms with Crippen LogP contribution in [0.25, 0.3) is 11.3 Å². The lowest BCUT2D eigenvalue weighted by Gasteiger charge is -2.31. The molecule has 0 aliphatic rings. The van der Waals surface area contributed by atoms with Gasteiger partial charge in [0.2, 0.25) is 7.37 Å². The number of carbonyl (C=O) groups excluding carboxylic acids is 3. The van der Waals surface area contributed by atoms with Crippen LogP contribution in [0, 0.1) is 5.92 Å². The number of hydroxylamine groups is 1. The summed E-state index contributed by atoms with van der Waals surface area (Å²) in [6.07, 6.45) is -0.225. The van der Waals surface area contributed by atoms with Crippen LogP contribution < -0.4 is 10.8 Å². The second kappa shape index (κ2) is 19.1. The van der Waals surface area contributed by atoms with Crippen molar-refractivity contribution >= 4 is 25.7 Å². The Hall–Kier alpha value is -5.35. The third-order valence-electron chi connectivity index (χ3n) is 8.34. The Balaban J connectivity index is 1.46. The first-order valence-corrected chi connectivity index (χ1v) is 19.6. The maximum Gasteiger partial charge on any atom is 0.408 e. The first-order chi connectivity index (χ1) is 26.0. The van der Waals surface area contributed by atoms with Crippen LogP contribution in [-0.2, 0) is 54.1 Å². The molecule has 0 aliphatic heterocycles. The number of benzene rings is 4. The van der Waals surface area contributed by atoms with E-state index in [0.717, 1.165) is 22.3 Å². The maximum absolute atomic E-state index is 15.5. The third-order valence-corrected chi connectivity index (χ3v) is 11.0. The molecular weight excluding hydrogens is 705 g/mol. The van der Waals surface area contributed by atoms with Gasteiger partial charge in [-0.3, -0.25) is 9.36 Å². The molecule has 4 atom stereocenters. The summed E-state index contributed by atoms with van der Waals surface area (Å²) in [5, 5.41) is 6.94. The van der Waals surface area contributed by atoms with E-state index >= 15 is 4.57 Å². The molecule has 1 heterocycles. The lowest BCUT2D eigenvalue weighted by atomic mass is 10.1. The number of hydrogen-bond acceptors (Lipinski definition) is 10. The Bertz CT molecular complexity index is 1970. The molecule has 12 heteroatoms. The van der Waals surface area contributed by atoms with Crippen LogP contribution in [0.4, 0.5) is 4.79 Å². The fraction of sp³-hybridized carbons (Fsp3) is 0.286. The smallest absolute Gasteiger partial charge is 0.408 e. The van der Waals surface area contributed by atoms with Crippen LogP contribution in [0.1, 0.15) is 43.2 Å². The topological polar surface area (TPSA) is 146 Å². The van der Waals surface area contributed by atoms with Gasteiger partial charge in [0.15, 0.2) is 0 Å². The lowest BCUT2D eigenvalue weighted by molar-refractivity contribution is -0.159. The minimum Gasteiger partial charge on any atom is -0.459 e. The Morgan fingerprint density at radius 1 is 0.796 bits per heavy atom. The van der Waals surface area contributed by atoms with Crippen LogP contribution in [0.15, 0.2) is 132 Å². The van der Waals surface area contributed by atoms with Gasteiger partial charge in [-0.15, -0.1) is 0 Å². The van der Waals surface area contributed by atoms with Gasteiger partial charge in [-0.05, 0) is 37.5 Å². The van der Waals surface area contributed by atoms with Crippen molar-refractivity contribution in [1.82, 2.24) is 16.0 Å². The predicted octanol–water partition coefficient (Wildman–Crippen LogP) is 7.95. The summed E-state index contributed by atoms with van der Waals surface area (Å²) in [6.45, 7) is 5.22. The molecule has 5 aromatic rings. The number of rotatable bonds is 18. The van der Waals surface area contributed by atoms with E-state index in [4.69, 9.17) is 18.6 Å². The summed E-state index contributed by atoms with van der Waals surface area (Å²) in [7, 11) is -4.18. The van der Waals surface area contributed by atoms with Gasteiger partial charge in [0.05, 0.1) is 0 Å². The van der Waals surface area contributed by atoms with Crippen molar-refractivity contribution in [1.29, 1.82) is 0 Å². The molecule has 0 bridgehead atoms. The number of esters is 1. The molecule has 5 rings (SSSR count). The molecule has 2 N–H and O–H groups in total. The van der Waals surface area contributed by atoms with Crippen molar-refractivity contribution in [3.05, 3.63) is 150 Å². The summed E-state index contributed by atoms with van der Waals surface area (Å²) in [6, 6.07) is 37.6. The minimum absolute atomic E-state index is 0.0296. The molecule has 0 aliphatic carbocycles. The molecule has 282 valence electrons. The standard InChI is InChI=1S/C42H46N3O8P/c1-42(2,3)51-40(47)38(25-31-16-8-4-9-17-31)45-53-54(49,30-34(28-46)24-36-27-37(44-52-36)35-22-14-7-15-23-35)39(26-32-18-10-5-11-19-32)43-41(48)50-29-33-20-12-6-13-21-33/h4-23,27-28,34,38-39,45H,24-26,29-30H2,1-3H3,(H,43,48)/t34?,38-,39+,54?/m0/s1. The van der Waals surface area contributed by atoms with E-state index in [9.17, 15) is 14.4 Å². The Kier molecular flexibility index (Phi) is 14.1.